The fourth-order valence-corrected chi connectivity index (χ4v) is 7.20. The molecule has 15 heteroatoms. The van der Waals surface area contributed by atoms with Gasteiger partial charge >= 0.3 is 6.03 Å². The minimum absolute atomic E-state index is 0.0431. The summed E-state index contributed by atoms with van der Waals surface area (Å²) in [7, 11) is 1.62. The number of aliphatic hydroxyl groups is 3. The first kappa shape index (κ1) is 33.3. The Kier molecular flexibility index (Phi) is 11.1. The minimum Gasteiger partial charge on any atom is -0.492 e. The maximum absolute atomic E-state index is 12.8. The molecule has 42 heavy (non-hydrogen) atoms. The molecule has 0 aromatic carbocycles. The number of carbonyl (C=O) groups is 1. The number of rotatable bonds is 10. The molecule has 2 saturated carbocycles. The molecule has 2 aliphatic carbocycles. The summed E-state index contributed by atoms with van der Waals surface area (Å²) < 4.78 is 12.4. The molecule has 0 aromatic heterocycles. The maximum atomic E-state index is 12.8. The molecule has 15 N–H and O–H groups in total. The van der Waals surface area contributed by atoms with Crippen LogP contribution in [-0.2, 0) is 9.47 Å². The average molecular weight is 601 g/mol. The van der Waals surface area contributed by atoms with Gasteiger partial charge in [-0.2, -0.15) is 0 Å². The summed E-state index contributed by atoms with van der Waals surface area (Å²) >= 11 is 0. The number of urea groups is 1. The van der Waals surface area contributed by atoms with E-state index in [9.17, 15) is 25.3 Å². The zero-order valence-electron chi connectivity index (χ0n) is 24.6. The first-order valence-corrected chi connectivity index (χ1v) is 15.0. The van der Waals surface area contributed by atoms with Crippen molar-refractivity contribution in [3.05, 3.63) is 11.8 Å². The van der Waals surface area contributed by atoms with Crippen LogP contribution in [0.1, 0.15) is 32.6 Å². The van der Waals surface area contributed by atoms with Crippen LogP contribution >= 0.6 is 0 Å². The topological polar surface area (TPSA) is 260 Å². The van der Waals surface area contributed by atoms with E-state index in [4.69, 9.17) is 32.4 Å². The molecule has 3 unspecified atom stereocenters. The maximum Gasteiger partial charge on any atom is 0.341 e. The van der Waals surface area contributed by atoms with Gasteiger partial charge in [0.15, 0.2) is 0 Å². The Balaban J connectivity index is 1.54. The van der Waals surface area contributed by atoms with Gasteiger partial charge in [-0.1, -0.05) is 0 Å². The predicted molar refractivity (Wildman–Crippen MR) is 154 cm³/mol. The first-order valence-electron chi connectivity index (χ1n) is 15.0. The monoisotopic (exact) mass is 600 g/mol. The van der Waals surface area contributed by atoms with Crippen molar-refractivity contribution >= 4 is 6.03 Å². The number of nitrogens with zero attached hydrogens (tertiary/aromatic N) is 1. The van der Waals surface area contributed by atoms with Crippen molar-refractivity contribution in [2.24, 2.45) is 40.7 Å². The highest BCUT2D eigenvalue weighted by atomic mass is 16.5. The summed E-state index contributed by atoms with van der Waals surface area (Å²) in [6.07, 6.45) is 0.569. The number of carbonyl (C=O) groups excluding carboxylic acids is 1. The van der Waals surface area contributed by atoms with Crippen molar-refractivity contribution in [1.82, 2.24) is 21.0 Å². The van der Waals surface area contributed by atoms with Crippen molar-refractivity contribution in [3.8, 4) is 0 Å². The number of nitrogens with one attached hydrogen (secondary N) is 3. The summed E-state index contributed by atoms with van der Waals surface area (Å²) in [4.78, 5) is 12.8. The molecule has 0 aromatic rings. The van der Waals surface area contributed by atoms with Crippen LogP contribution in [0, 0.1) is 17.8 Å². The number of nitrogens with two attached hydrogens (primary N) is 4. The van der Waals surface area contributed by atoms with Gasteiger partial charge in [0, 0.05) is 42.5 Å². The van der Waals surface area contributed by atoms with Crippen LogP contribution in [0.2, 0.25) is 0 Å². The lowest BCUT2D eigenvalue weighted by molar-refractivity contribution is -0.221. The summed E-state index contributed by atoms with van der Waals surface area (Å²) in [5.41, 5.74) is 23.2. The van der Waals surface area contributed by atoms with Crippen LogP contribution < -0.4 is 38.9 Å². The van der Waals surface area contributed by atoms with Gasteiger partial charge in [0.25, 0.3) is 0 Å². The Morgan fingerprint density at radius 1 is 1.12 bits per heavy atom. The molecule has 4 aliphatic rings. The Morgan fingerprint density at radius 3 is 2.48 bits per heavy atom. The normalized spacial score (nSPS) is 44.0. The summed E-state index contributed by atoms with van der Waals surface area (Å²) in [6.45, 7) is 2.71. The molecule has 242 valence electrons. The van der Waals surface area contributed by atoms with Gasteiger partial charge in [-0.05, 0) is 58.2 Å². The zero-order chi connectivity index (χ0) is 30.8. The highest BCUT2D eigenvalue weighted by molar-refractivity contribution is 5.73. The van der Waals surface area contributed by atoms with E-state index in [1.54, 1.807) is 14.0 Å². The first-order chi connectivity index (χ1) is 19.9. The average Bonchev–Trinajstić information content (AvgIpc) is 2.90. The van der Waals surface area contributed by atoms with E-state index in [0.29, 0.717) is 23.9 Å². The molecule has 0 radical (unpaired) electrons. The van der Waals surface area contributed by atoms with Gasteiger partial charge in [0.2, 0.25) is 0 Å². The molecule has 0 spiro atoms. The lowest BCUT2D eigenvalue weighted by Crippen LogP contribution is -2.72. The second-order valence-corrected chi connectivity index (χ2v) is 12.8. The highest BCUT2D eigenvalue weighted by Gasteiger charge is 2.57. The summed E-state index contributed by atoms with van der Waals surface area (Å²) in [5, 5.41) is 53.8. The van der Waals surface area contributed by atoms with Gasteiger partial charge in [-0.15, -0.1) is 0 Å². The van der Waals surface area contributed by atoms with E-state index in [-0.39, 0.29) is 32.2 Å². The van der Waals surface area contributed by atoms with E-state index in [0.717, 1.165) is 25.1 Å². The Hall–Kier alpha value is -1.63. The van der Waals surface area contributed by atoms with Crippen molar-refractivity contribution in [3.63, 3.8) is 0 Å². The quantitative estimate of drug-likeness (QED) is 0.0859. The lowest BCUT2D eigenvalue weighted by atomic mass is 9.65. The molecule has 1 saturated heterocycles. The molecular weight excluding hydrogens is 548 g/mol. The number of hydrogen-bond donors (Lipinski definition) is 11. The van der Waals surface area contributed by atoms with Gasteiger partial charge in [-0.3, -0.25) is 5.21 Å². The fourth-order valence-electron chi connectivity index (χ4n) is 7.20. The van der Waals surface area contributed by atoms with Crippen LogP contribution in [0.25, 0.3) is 0 Å². The second kappa shape index (κ2) is 14.0. The molecule has 3 fully saturated rings. The van der Waals surface area contributed by atoms with E-state index >= 15 is 0 Å². The van der Waals surface area contributed by atoms with Crippen molar-refractivity contribution in [2.45, 2.75) is 92.8 Å². The molecule has 15 nitrogen and oxygen atoms in total. The third kappa shape index (κ3) is 7.18. The van der Waals surface area contributed by atoms with E-state index in [1.165, 1.54) is 0 Å². The van der Waals surface area contributed by atoms with E-state index in [2.05, 4.69) is 16.0 Å². The van der Waals surface area contributed by atoms with Crippen LogP contribution in [0.4, 0.5) is 4.79 Å². The number of hydrogen-bond acceptors (Lipinski definition) is 13. The number of aliphatic hydroxyl groups excluding tert-OH is 2. The largest absolute Gasteiger partial charge is 0.492 e. The third-order valence-corrected chi connectivity index (χ3v) is 9.48. The van der Waals surface area contributed by atoms with Gasteiger partial charge < -0.3 is 63.7 Å². The molecule has 0 bridgehead atoms. The van der Waals surface area contributed by atoms with E-state index in [1.807, 2.05) is 6.08 Å². The van der Waals surface area contributed by atoms with Crippen molar-refractivity contribution in [1.29, 1.82) is 0 Å². The van der Waals surface area contributed by atoms with Crippen LogP contribution in [-0.4, -0.2) is 132 Å². The molecule has 4 rings (SSSR count). The molecule has 2 aliphatic heterocycles. The molecule has 2 heterocycles. The van der Waals surface area contributed by atoms with Gasteiger partial charge in [-0.25, -0.2) is 9.86 Å². The molecule has 11 atom stereocenters. The minimum atomic E-state index is -1.38. The lowest BCUT2D eigenvalue weighted by Gasteiger charge is -2.54. The Bertz CT molecular complexity index is 938. The third-order valence-electron chi connectivity index (χ3n) is 9.48. The zero-order valence-corrected chi connectivity index (χ0v) is 24.6. The summed E-state index contributed by atoms with van der Waals surface area (Å²) in [6, 6.07) is -3.20. The number of hydroxylamine groups is 2. The Morgan fingerprint density at radius 2 is 1.83 bits per heavy atom. The number of amides is 2. The standard InChI is InChI=1S/C27H52N8O7/c1-27(39)12-41-24(22(37)25(27)32-2)20-18(34-26(38)35(40)6-5-28)9-17(31)19(21(20)36)23-16(30)4-3-15(42-23)11-33-10-13-7-14(29)8-13/h3,13-14,16-25,32-33,36-37,39-40H,4-12,28-31H2,1-2H3,(H,34,38)/t13?,14?,16-,17+,18-,19?,20?,21+,22+,23+,24?,25-,27+/m1/s1. The highest BCUT2D eigenvalue weighted by Crippen LogP contribution is 2.41. The SMILES string of the molecule is CN[C@@H]1[C@@H](O)C(C2[C@@H](O)C([C@H]3OC(CNCC4CC(N)C4)=CC[C@H]3N)[C@@H](N)C[C@H]2NC(=O)N(O)CCN)OC[C@]1(C)O. The Labute approximate surface area is 247 Å². The van der Waals surface area contributed by atoms with Crippen LogP contribution in [0.5, 0.6) is 0 Å². The van der Waals surface area contributed by atoms with Gasteiger partial charge in [0.1, 0.15) is 17.5 Å². The molecular formula is C27H52N8O7. The van der Waals surface area contributed by atoms with E-state index < -0.39 is 72.1 Å². The summed E-state index contributed by atoms with van der Waals surface area (Å²) in [5.74, 6) is -0.271. The van der Waals surface area contributed by atoms with Gasteiger partial charge in [0.05, 0.1) is 44.1 Å². The number of ether oxygens (including phenoxy) is 2. The van der Waals surface area contributed by atoms with Crippen molar-refractivity contribution < 1.29 is 34.8 Å². The van der Waals surface area contributed by atoms with Crippen LogP contribution in [0.3, 0.4) is 0 Å². The fraction of sp³-hybridized carbons (Fsp3) is 0.889. The van der Waals surface area contributed by atoms with Crippen molar-refractivity contribution in [2.75, 3.05) is 39.8 Å². The number of likely N-dealkylation sites (N-methyl/N-ethyl adjacent to an activating group) is 1. The smallest absolute Gasteiger partial charge is 0.341 e. The molecule has 2 amide bonds. The predicted octanol–water partition coefficient (Wildman–Crippen LogP) is -3.54. The second-order valence-electron chi connectivity index (χ2n) is 12.8. The van der Waals surface area contributed by atoms with Crippen LogP contribution in [0.15, 0.2) is 11.8 Å².